The second-order valence-electron chi connectivity index (χ2n) is 5.48. The van der Waals surface area contributed by atoms with Crippen LogP contribution < -0.4 is 10.6 Å². The zero-order valence-corrected chi connectivity index (χ0v) is 13.7. The molecule has 0 radical (unpaired) electrons. The van der Waals surface area contributed by atoms with Gasteiger partial charge in [-0.05, 0) is 38.0 Å². The van der Waals surface area contributed by atoms with Gasteiger partial charge in [-0.25, -0.2) is 4.98 Å². The molecule has 4 nitrogen and oxygen atoms in total. The van der Waals surface area contributed by atoms with Crippen molar-refractivity contribution in [3.8, 4) is 0 Å². The molecule has 0 atom stereocenters. The van der Waals surface area contributed by atoms with Crippen LogP contribution in [0.2, 0.25) is 0 Å². The number of hydrogen-bond acceptors (Lipinski definition) is 4. The van der Waals surface area contributed by atoms with Gasteiger partial charge < -0.3 is 10.6 Å². The van der Waals surface area contributed by atoms with Crippen molar-refractivity contribution >= 4 is 33.4 Å². The molecule has 0 saturated heterocycles. The number of benzene rings is 1. The van der Waals surface area contributed by atoms with Crippen molar-refractivity contribution in [2.24, 2.45) is 0 Å². The summed E-state index contributed by atoms with van der Waals surface area (Å²) in [6.07, 6.45) is 5.09. The van der Waals surface area contributed by atoms with E-state index < -0.39 is 0 Å². The third-order valence-electron chi connectivity index (χ3n) is 3.64. The molecule has 0 aliphatic heterocycles. The minimum absolute atomic E-state index is 0.554. The molecule has 0 unspecified atom stereocenters. The highest BCUT2D eigenvalue weighted by Crippen LogP contribution is 2.23. The van der Waals surface area contributed by atoms with Gasteiger partial charge in [-0.3, -0.25) is 0 Å². The van der Waals surface area contributed by atoms with Crippen molar-refractivity contribution in [1.29, 1.82) is 0 Å². The Hall–Kier alpha value is -1.62. The summed E-state index contributed by atoms with van der Waals surface area (Å²) in [7, 11) is 0. The average molecular weight is 347 g/mol. The second kappa shape index (κ2) is 6.43. The van der Waals surface area contributed by atoms with Gasteiger partial charge in [0.2, 0.25) is 5.95 Å². The molecule has 0 amide bonds. The van der Waals surface area contributed by atoms with E-state index in [1.54, 1.807) is 0 Å². The first-order valence-electron chi connectivity index (χ1n) is 7.34. The Bertz CT molecular complexity index is 623. The summed E-state index contributed by atoms with van der Waals surface area (Å²) in [6, 6.07) is 10.5. The maximum atomic E-state index is 4.57. The van der Waals surface area contributed by atoms with E-state index in [1.807, 2.05) is 37.3 Å². The number of halogens is 1. The summed E-state index contributed by atoms with van der Waals surface area (Å²) < 4.78 is 1.03. The number of nitrogens with zero attached hydrogens (tertiary/aromatic N) is 2. The Morgan fingerprint density at radius 1 is 1.14 bits per heavy atom. The minimum Gasteiger partial charge on any atom is -0.367 e. The minimum atomic E-state index is 0.554. The van der Waals surface area contributed by atoms with Crippen LogP contribution in [0.4, 0.5) is 17.5 Å². The first kappa shape index (κ1) is 14.3. The van der Waals surface area contributed by atoms with E-state index in [9.17, 15) is 0 Å². The number of aromatic nitrogens is 2. The van der Waals surface area contributed by atoms with E-state index in [4.69, 9.17) is 0 Å². The monoisotopic (exact) mass is 346 g/mol. The van der Waals surface area contributed by atoms with Crippen LogP contribution in [0, 0.1) is 6.92 Å². The first-order chi connectivity index (χ1) is 10.2. The molecule has 0 bridgehead atoms. The molecular formula is C16H19BrN4. The molecule has 110 valence electrons. The van der Waals surface area contributed by atoms with Crippen molar-refractivity contribution in [2.75, 3.05) is 10.6 Å². The Morgan fingerprint density at radius 2 is 1.95 bits per heavy atom. The molecule has 1 aliphatic carbocycles. The van der Waals surface area contributed by atoms with Crippen LogP contribution in [-0.4, -0.2) is 16.0 Å². The maximum absolute atomic E-state index is 4.57. The fraction of sp³-hybridized carbons (Fsp3) is 0.375. The molecule has 2 N–H and O–H groups in total. The molecule has 5 heteroatoms. The molecule has 1 aromatic carbocycles. The predicted octanol–water partition coefficient (Wildman–Crippen LogP) is 4.65. The van der Waals surface area contributed by atoms with Gasteiger partial charge in [0, 0.05) is 28.0 Å². The molecule has 1 fully saturated rings. The number of nitrogens with one attached hydrogen (secondary N) is 2. The van der Waals surface area contributed by atoms with Crippen molar-refractivity contribution in [3.05, 3.63) is 40.5 Å². The van der Waals surface area contributed by atoms with Crippen molar-refractivity contribution in [2.45, 2.75) is 38.6 Å². The largest absolute Gasteiger partial charge is 0.367 e. The lowest BCUT2D eigenvalue weighted by Gasteiger charge is -2.14. The zero-order chi connectivity index (χ0) is 14.7. The van der Waals surface area contributed by atoms with Gasteiger partial charge in [0.15, 0.2) is 0 Å². The van der Waals surface area contributed by atoms with Gasteiger partial charge in [0.25, 0.3) is 0 Å². The molecule has 0 spiro atoms. The van der Waals surface area contributed by atoms with Gasteiger partial charge in [-0.2, -0.15) is 4.98 Å². The standard InChI is InChI=1S/C16H19BrN4/c1-11-9-15(19-13-6-2-3-7-13)21-16(18-11)20-14-8-4-5-12(17)10-14/h4-5,8-10,13H,2-3,6-7H2,1H3,(H2,18,19,20,21). The highest BCUT2D eigenvalue weighted by molar-refractivity contribution is 9.10. The van der Waals surface area contributed by atoms with Crippen LogP contribution in [-0.2, 0) is 0 Å². The summed E-state index contributed by atoms with van der Waals surface area (Å²) in [6.45, 7) is 1.99. The second-order valence-corrected chi connectivity index (χ2v) is 6.39. The first-order valence-corrected chi connectivity index (χ1v) is 8.13. The quantitative estimate of drug-likeness (QED) is 0.846. The SMILES string of the molecule is Cc1cc(NC2CCCC2)nc(Nc2cccc(Br)c2)n1. The van der Waals surface area contributed by atoms with Gasteiger partial charge in [0.05, 0.1) is 0 Å². The Labute approximate surface area is 133 Å². The lowest BCUT2D eigenvalue weighted by Crippen LogP contribution is -2.16. The number of rotatable bonds is 4. The predicted molar refractivity (Wildman–Crippen MR) is 90.1 cm³/mol. The summed E-state index contributed by atoms with van der Waals surface area (Å²) >= 11 is 3.47. The highest BCUT2D eigenvalue weighted by atomic mass is 79.9. The maximum Gasteiger partial charge on any atom is 0.229 e. The van der Waals surface area contributed by atoms with Crippen LogP contribution >= 0.6 is 15.9 Å². The smallest absolute Gasteiger partial charge is 0.229 e. The fourth-order valence-corrected chi connectivity index (χ4v) is 3.07. The van der Waals surface area contributed by atoms with Gasteiger partial charge in [0.1, 0.15) is 5.82 Å². The normalized spacial score (nSPS) is 15.1. The summed E-state index contributed by atoms with van der Waals surface area (Å²) in [4.78, 5) is 9.03. The van der Waals surface area contributed by atoms with E-state index in [0.717, 1.165) is 21.7 Å². The van der Waals surface area contributed by atoms with E-state index in [1.165, 1.54) is 25.7 Å². The highest BCUT2D eigenvalue weighted by Gasteiger charge is 2.15. The van der Waals surface area contributed by atoms with E-state index >= 15 is 0 Å². The number of hydrogen-bond donors (Lipinski definition) is 2. The molecule has 2 aromatic rings. The van der Waals surface area contributed by atoms with Crippen LogP contribution in [0.3, 0.4) is 0 Å². The number of aryl methyl sites for hydroxylation is 1. The molecule has 1 aliphatic rings. The molecule has 21 heavy (non-hydrogen) atoms. The molecular weight excluding hydrogens is 328 g/mol. The van der Waals surface area contributed by atoms with E-state index in [2.05, 4.69) is 36.5 Å². The lowest BCUT2D eigenvalue weighted by atomic mass is 10.2. The Balaban J connectivity index is 1.77. The summed E-state index contributed by atoms with van der Waals surface area (Å²) in [5.74, 6) is 1.54. The molecule has 1 aromatic heterocycles. The van der Waals surface area contributed by atoms with Crippen molar-refractivity contribution in [1.82, 2.24) is 9.97 Å². The Kier molecular flexibility index (Phi) is 4.39. The third kappa shape index (κ3) is 3.94. The van der Waals surface area contributed by atoms with E-state index in [0.29, 0.717) is 12.0 Å². The third-order valence-corrected chi connectivity index (χ3v) is 4.14. The zero-order valence-electron chi connectivity index (χ0n) is 12.1. The van der Waals surface area contributed by atoms with Crippen molar-refractivity contribution in [3.63, 3.8) is 0 Å². The van der Waals surface area contributed by atoms with E-state index in [-0.39, 0.29) is 0 Å². The number of anilines is 3. The molecule has 1 saturated carbocycles. The fourth-order valence-electron chi connectivity index (χ4n) is 2.67. The topological polar surface area (TPSA) is 49.8 Å². The van der Waals surface area contributed by atoms with Crippen LogP contribution in [0.25, 0.3) is 0 Å². The summed E-state index contributed by atoms with van der Waals surface area (Å²) in [5, 5.41) is 6.78. The van der Waals surface area contributed by atoms with Crippen molar-refractivity contribution < 1.29 is 0 Å². The van der Waals surface area contributed by atoms with Crippen LogP contribution in [0.5, 0.6) is 0 Å². The van der Waals surface area contributed by atoms with Crippen LogP contribution in [0.1, 0.15) is 31.4 Å². The van der Waals surface area contributed by atoms with Gasteiger partial charge >= 0.3 is 0 Å². The van der Waals surface area contributed by atoms with Gasteiger partial charge in [-0.1, -0.05) is 34.8 Å². The molecule has 3 rings (SSSR count). The average Bonchev–Trinajstić information content (AvgIpc) is 2.90. The van der Waals surface area contributed by atoms with Gasteiger partial charge in [-0.15, -0.1) is 0 Å². The van der Waals surface area contributed by atoms with Crippen LogP contribution in [0.15, 0.2) is 34.8 Å². The lowest BCUT2D eigenvalue weighted by molar-refractivity contribution is 0.749. The Morgan fingerprint density at radius 3 is 2.71 bits per heavy atom. The molecule has 1 heterocycles. The summed E-state index contributed by atoms with van der Waals surface area (Å²) in [5.41, 5.74) is 1.93.